The van der Waals surface area contributed by atoms with E-state index in [9.17, 15) is 8.42 Å². The molecular formula is C11H13N5O3S. The second-order valence-electron chi connectivity index (χ2n) is 4.28. The second kappa shape index (κ2) is 5.27. The number of sulfonamides is 1. The van der Waals surface area contributed by atoms with E-state index in [4.69, 9.17) is 4.74 Å². The van der Waals surface area contributed by atoms with Crippen molar-refractivity contribution in [3.05, 3.63) is 24.3 Å². The number of ether oxygens (including phenoxy) is 1. The molecule has 1 aliphatic rings. The number of hydrogen-bond acceptors (Lipinski definition) is 6. The van der Waals surface area contributed by atoms with Crippen LogP contribution in [0.2, 0.25) is 0 Å². The summed E-state index contributed by atoms with van der Waals surface area (Å²) in [4.78, 5) is 0.256. The lowest BCUT2D eigenvalue weighted by Crippen LogP contribution is -2.40. The summed E-state index contributed by atoms with van der Waals surface area (Å²) in [6.07, 6.45) is 0. The first-order valence-corrected chi connectivity index (χ1v) is 7.54. The van der Waals surface area contributed by atoms with Crippen LogP contribution in [0.25, 0.3) is 11.4 Å². The zero-order chi connectivity index (χ0) is 14.0. The number of rotatable bonds is 3. The number of morpholine rings is 1. The van der Waals surface area contributed by atoms with Crippen LogP contribution in [0.3, 0.4) is 0 Å². The number of aromatic amines is 1. The minimum absolute atomic E-state index is 0.256. The number of nitrogens with zero attached hydrogens (tertiary/aromatic N) is 4. The van der Waals surface area contributed by atoms with Crippen molar-refractivity contribution in [3.8, 4) is 11.4 Å². The Morgan fingerprint density at radius 2 is 1.85 bits per heavy atom. The van der Waals surface area contributed by atoms with Crippen molar-refractivity contribution in [2.45, 2.75) is 4.90 Å². The molecular weight excluding hydrogens is 282 g/mol. The van der Waals surface area contributed by atoms with Crippen molar-refractivity contribution in [2.24, 2.45) is 0 Å². The fourth-order valence-electron chi connectivity index (χ4n) is 2.00. The van der Waals surface area contributed by atoms with E-state index in [1.54, 1.807) is 24.3 Å². The number of benzene rings is 1. The molecule has 0 radical (unpaired) electrons. The van der Waals surface area contributed by atoms with E-state index in [1.807, 2.05) is 0 Å². The molecule has 106 valence electrons. The van der Waals surface area contributed by atoms with Gasteiger partial charge in [0.2, 0.25) is 15.8 Å². The highest BCUT2D eigenvalue weighted by Crippen LogP contribution is 2.20. The van der Waals surface area contributed by atoms with Crippen molar-refractivity contribution >= 4 is 10.0 Å². The van der Waals surface area contributed by atoms with Crippen LogP contribution in [0, 0.1) is 0 Å². The highest BCUT2D eigenvalue weighted by molar-refractivity contribution is 7.89. The van der Waals surface area contributed by atoms with Crippen molar-refractivity contribution in [1.29, 1.82) is 0 Å². The smallest absolute Gasteiger partial charge is 0.243 e. The molecule has 8 nitrogen and oxygen atoms in total. The predicted molar refractivity (Wildman–Crippen MR) is 69.2 cm³/mol. The first-order valence-electron chi connectivity index (χ1n) is 6.10. The van der Waals surface area contributed by atoms with Gasteiger partial charge in [0, 0.05) is 18.7 Å². The predicted octanol–water partition coefficient (Wildman–Crippen LogP) is -0.112. The third-order valence-electron chi connectivity index (χ3n) is 3.07. The highest BCUT2D eigenvalue weighted by atomic mass is 32.2. The van der Waals surface area contributed by atoms with Crippen molar-refractivity contribution in [3.63, 3.8) is 0 Å². The van der Waals surface area contributed by atoms with Gasteiger partial charge < -0.3 is 4.74 Å². The Kier molecular flexibility index (Phi) is 3.47. The Balaban J connectivity index is 1.87. The minimum Gasteiger partial charge on any atom is -0.379 e. The third-order valence-corrected chi connectivity index (χ3v) is 4.98. The van der Waals surface area contributed by atoms with Gasteiger partial charge in [-0.15, -0.1) is 10.2 Å². The van der Waals surface area contributed by atoms with Gasteiger partial charge in [-0.05, 0) is 29.5 Å². The maximum absolute atomic E-state index is 12.4. The average Bonchev–Trinajstić information content (AvgIpc) is 3.02. The van der Waals surface area contributed by atoms with Gasteiger partial charge in [-0.3, -0.25) is 0 Å². The highest BCUT2D eigenvalue weighted by Gasteiger charge is 2.26. The molecule has 2 heterocycles. The molecule has 20 heavy (non-hydrogen) atoms. The van der Waals surface area contributed by atoms with Crippen LogP contribution >= 0.6 is 0 Å². The summed E-state index contributed by atoms with van der Waals surface area (Å²) >= 11 is 0. The molecule has 3 rings (SSSR count). The fourth-order valence-corrected chi connectivity index (χ4v) is 3.40. The summed E-state index contributed by atoms with van der Waals surface area (Å²) in [6, 6.07) is 6.43. The first-order chi connectivity index (χ1) is 9.68. The summed E-state index contributed by atoms with van der Waals surface area (Å²) in [6.45, 7) is 1.63. The van der Waals surface area contributed by atoms with E-state index in [1.165, 1.54) is 4.31 Å². The molecule has 9 heteroatoms. The van der Waals surface area contributed by atoms with Crippen LogP contribution in [0.5, 0.6) is 0 Å². The quantitative estimate of drug-likeness (QED) is 0.847. The lowest BCUT2D eigenvalue weighted by molar-refractivity contribution is 0.0730. The maximum Gasteiger partial charge on any atom is 0.243 e. The number of tetrazole rings is 1. The molecule has 1 aromatic heterocycles. The van der Waals surface area contributed by atoms with Gasteiger partial charge in [-0.1, -0.05) is 0 Å². The SMILES string of the molecule is O=S(=O)(c1ccc(-c2nn[nH]n2)cc1)N1CCOCC1. The molecule has 1 aromatic carbocycles. The fraction of sp³-hybridized carbons (Fsp3) is 0.364. The van der Waals surface area contributed by atoms with Crippen LogP contribution in [0.1, 0.15) is 0 Å². The van der Waals surface area contributed by atoms with Crippen molar-refractivity contribution in [1.82, 2.24) is 24.9 Å². The van der Waals surface area contributed by atoms with Gasteiger partial charge >= 0.3 is 0 Å². The molecule has 0 aliphatic carbocycles. The summed E-state index contributed by atoms with van der Waals surface area (Å²) in [5, 5.41) is 13.5. The summed E-state index contributed by atoms with van der Waals surface area (Å²) < 4.78 is 31.4. The molecule has 1 aliphatic heterocycles. The monoisotopic (exact) mass is 295 g/mol. The molecule has 0 bridgehead atoms. The number of H-pyrrole nitrogens is 1. The molecule has 2 aromatic rings. The van der Waals surface area contributed by atoms with E-state index in [0.717, 1.165) is 0 Å². The Morgan fingerprint density at radius 1 is 1.15 bits per heavy atom. The molecule has 0 saturated carbocycles. The lowest BCUT2D eigenvalue weighted by atomic mass is 10.2. The van der Waals surface area contributed by atoms with Gasteiger partial charge in [0.05, 0.1) is 18.1 Å². The summed E-state index contributed by atoms with van der Waals surface area (Å²) in [5.74, 6) is 0.431. The molecule has 1 fully saturated rings. The standard InChI is InChI=1S/C11H13N5O3S/c17-20(18,16-5-7-19-8-6-16)10-3-1-9(2-4-10)11-12-14-15-13-11/h1-4H,5-8H2,(H,12,13,14,15). The topological polar surface area (TPSA) is 101 Å². The number of nitrogens with one attached hydrogen (secondary N) is 1. The largest absolute Gasteiger partial charge is 0.379 e. The molecule has 0 atom stereocenters. The molecule has 0 amide bonds. The van der Waals surface area contributed by atoms with E-state index >= 15 is 0 Å². The minimum atomic E-state index is -3.46. The van der Waals surface area contributed by atoms with Gasteiger partial charge in [0.25, 0.3) is 0 Å². The lowest BCUT2D eigenvalue weighted by Gasteiger charge is -2.26. The first kappa shape index (κ1) is 13.2. The van der Waals surface area contributed by atoms with Gasteiger partial charge in [-0.25, -0.2) is 8.42 Å². The molecule has 1 saturated heterocycles. The van der Waals surface area contributed by atoms with Crippen LogP contribution in [0.15, 0.2) is 29.2 Å². The molecule has 1 N–H and O–H groups in total. The average molecular weight is 295 g/mol. The Bertz CT molecular complexity index is 663. The van der Waals surface area contributed by atoms with Crippen molar-refractivity contribution < 1.29 is 13.2 Å². The third kappa shape index (κ3) is 2.42. The Morgan fingerprint density at radius 3 is 2.45 bits per heavy atom. The van der Waals surface area contributed by atoms with Crippen LogP contribution < -0.4 is 0 Å². The van der Waals surface area contributed by atoms with Crippen LogP contribution in [0.4, 0.5) is 0 Å². The van der Waals surface area contributed by atoms with E-state index in [2.05, 4.69) is 20.6 Å². The van der Waals surface area contributed by atoms with Gasteiger partial charge in [-0.2, -0.15) is 9.52 Å². The van der Waals surface area contributed by atoms with Gasteiger partial charge in [0.1, 0.15) is 0 Å². The summed E-state index contributed by atoms with van der Waals surface area (Å²) in [7, 11) is -3.46. The molecule has 0 spiro atoms. The number of aromatic nitrogens is 4. The normalized spacial score (nSPS) is 17.2. The second-order valence-corrected chi connectivity index (χ2v) is 6.21. The molecule has 0 unspecified atom stereocenters. The maximum atomic E-state index is 12.4. The Labute approximate surface area is 115 Å². The van der Waals surface area contributed by atoms with Crippen molar-refractivity contribution in [2.75, 3.05) is 26.3 Å². The van der Waals surface area contributed by atoms with E-state index < -0.39 is 10.0 Å². The van der Waals surface area contributed by atoms with E-state index in [0.29, 0.717) is 37.7 Å². The Hall–Kier alpha value is -1.84. The van der Waals surface area contributed by atoms with Gasteiger partial charge in [0.15, 0.2) is 0 Å². The van der Waals surface area contributed by atoms with Crippen LogP contribution in [-0.4, -0.2) is 59.7 Å². The zero-order valence-corrected chi connectivity index (χ0v) is 11.4. The zero-order valence-electron chi connectivity index (χ0n) is 10.6. The van der Waals surface area contributed by atoms with E-state index in [-0.39, 0.29) is 4.90 Å². The number of hydrogen-bond donors (Lipinski definition) is 1. The van der Waals surface area contributed by atoms with Crippen LogP contribution in [-0.2, 0) is 14.8 Å². The summed E-state index contributed by atoms with van der Waals surface area (Å²) in [5.41, 5.74) is 0.708.